The molecule has 0 radical (unpaired) electrons. The molecule has 3 aromatic carbocycles. The Kier molecular flexibility index (Phi) is 8.66. The Hall–Kier alpha value is -3.91. The summed E-state index contributed by atoms with van der Waals surface area (Å²) in [5, 5.41) is 3.50. The topological polar surface area (TPSA) is 88.1 Å². The predicted octanol–water partition coefficient (Wildman–Crippen LogP) is 6.54. The Bertz CT molecular complexity index is 1270. The highest BCUT2D eigenvalue weighted by molar-refractivity contribution is 6.33. The lowest BCUT2D eigenvalue weighted by molar-refractivity contribution is 0.0619. The lowest BCUT2D eigenvalue weighted by Crippen LogP contribution is -2.30. The molecular weight excluding hydrogens is 486 g/mol. The summed E-state index contributed by atoms with van der Waals surface area (Å²) in [4.78, 5) is 30.2. The van der Waals surface area contributed by atoms with Gasteiger partial charge in [0.15, 0.2) is 0 Å². The van der Waals surface area contributed by atoms with Crippen LogP contribution in [0, 0.1) is 4.91 Å². The molecule has 0 aliphatic rings. The van der Waals surface area contributed by atoms with E-state index in [4.69, 9.17) is 17.3 Å². The quantitative estimate of drug-likeness (QED) is 0.262. The van der Waals surface area contributed by atoms with E-state index in [-0.39, 0.29) is 18.2 Å². The second-order valence-electron chi connectivity index (χ2n) is 8.23. The molecule has 0 saturated carbocycles. The lowest BCUT2D eigenvalue weighted by Gasteiger charge is -2.20. The van der Waals surface area contributed by atoms with Crippen LogP contribution in [0.2, 0.25) is 5.02 Å². The number of amides is 1. The third kappa shape index (κ3) is 6.82. The van der Waals surface area contributed by atoms with Crippen LogP contribution in [0.5, 0.6) is 0 Å². The van der Waals surface area contributed by atoms with E-state index in [0.717, 1.165) is 6.08 Å². The molecule has 0 fully saturated rings. The Labute approximate surface area is 213 Å². The maximum atomic E-state index is 13.8. The van der Waals surface area contributed by atoms with Crippen molar-refractivity contribution in [1.29, 1.82) is 0 Å². The van der Waals surface area contributed by atoms with Crippen LogP contribution in [-0.2, 0) is 0 Å². The molecule has 0 heterocycles. The number of hydrogen-bond donors (Lipinski definition) is 1. The monoisotopic (exact) mass is 510 g/mol. The minimum atomic E-state index is -3.25. The molecule has 1 amide bonds. The first-order valence-corrected chi connectivity index (χ1v) is 11.4. The van der Waals surface area contributed by atoms with Crippen molar-refractivity contribution < 1.29 is 13.6 Å². The number of nitrogens with two attached hydrogens (primary N) is 1. The SMILES string of the molecule is CN(CC(N=O)c1ccccc1)C(=O)c1ccc(C(C=C(N)C(C)(F)F)=Nc2ccccc2Cl)cc1. The smallest absolute Gasteiger partial charge is 0.284 e. The fourth-order valence-electron chi connectivity index (χ4n) is 3.35. The Morgan fingerprint density at radius 1 is 1.03 bits per heavy atom. The first kappa shape index (κ1) is 26.7. The van der Waals surface area contributed by atoms with Crippen molar-refractivity contribution in [2.45, 2.75) is 18.9 Å². The minimum Gasteiger partial charge on any atom is -0.397 e. The minimum absolute atomic E-state index is 0.0954. The van der Waals surface area contributed by atoms with Gasteiger partial charge in [-0.2, -0.15) is 4.91 Å². The molecule has 1 unspecified atom stereocenters. The molecule has 1 atom stereocenters. The summed E-state index contributed by atoms with van der Waals surface area (Å²) in [5.41, 5.74) is 6.99. The highest BCUT2D eigenvalue weighted by atomic mass is 35.5. The zero-order chi connectivity index (χ0) is 26.3. The van der Waals surface area contributed by atoms with E-state index in [2.05, 4.69) is 10.2 Å². The average molecular weight is 511 g/mol. The standard InChI is InChI=1S/C27H25ClF2N4O2/c1-27(29,30)25(31)16-23(32-22-11-7-6-10-21(22)28)19-12-14-20(15-13-19)26(35)34(2)17-24(33-36)18-8-4-3-5-9-18/h3-16,24H,17,31H2,1-2H3. The van der Waals surface area contributed by atoms with E-state index in [9.17, 15) is 18.5 Å². The molecule has 0 aliphatic carbocycles. The van der Waals surface area contributed by atoms with Gasteiger partial charge in [-0.25, -0.2) is 13.8 Å². The molecular formula is C27H25ClF2N4O2. The summed E-state index contributed by atoms with van der Waals surface area (Å²) in [7, 11) is 1.58. The van der Waals surface area contributed by atoms with Crippen LogP contribution in [0.1, 0.15) is 34.5 Å². The second-order valence-corrected chi connectivity index (χ2v) is 8.64. The van der Waals surface area contributed by atoms with Crippen LogP contribution < -0.4 is 5.73 Å². The van der Waals surface area contributed by atoms with Gasteiger partial charge in [-0.05, 0) is 35.9 Å². The van der Waals surface area contributed by atoms with Crippen LogP contribution in [0.25, 0.3) is 0 Å². The molecule has 0 spiro atoms. The molecule has 0 bridgehead atoms. The zero-order valence-corrected chi connectivity index (χ0v) is 20.5. The number of halogens is 3. The van der Waals surface area contributed by atoms with Gasteiger partial charge in [-0.1, -0.05) is 71.4 Å². The fraction of sp³-hybridized carbons (Fsp3) is 0.185. The van der Waals surface area contributed by atoms with Crippen LogP contribution in [0.4, 0.5) is 14.5 Å². The van der Waals surface area contributed by atoms with E-state index in [1.165, 1.54) is 4.90 Å². The first-order valence-electron chi connectivity index (χ1n) is 11.0. The fourth-order valence-corrected chi connectivity index (χ4v) is 3.53. The Morgan fingerprint density at radius 2 is 1.61 bits per heavy atom. The molecule has 0 aromatic heterocycles. The van der Waals surface area contributed by atoms with Crippen LogP contribution >= 0.6 is 11.6 Å². The summed E-state index contributed by atoms with van der Waals surface area (Å²) < 4.78 is 27.5. The number of benzene rings is 3. The molecule has 186 valence electrons. The maximum Gasteiger partial charge on any atom is 0.284 e. The average Bonchev–Trinajstić information content (AvgIpc) is 2.87. The van der Waals surface area contributed by atoms with Crippen LogP contribution in [-0.4, -0.2) is 36.0 Å². The highest BCUT2D eigenvalue weighted by Crippen LogP contribution is 2.27. The number of alkyl halides is 2. The van der Waals surface area contributed by atoms with Crippen molar-refractivity contribution in [3.63, 3.8) is 0 Å². The van der Waals surface area contributed by atoms with E-state index in [0.29, 0.717) is 34.3 Å². The summed E-state index contributed by atoms with van der Waals surface area (Å²) in [5.74, 6) is -3.58. The molecule has 36 heavy (non-hydrogen) atoms. The zero-order valence-electron chi connectivity index (χ0n) is 19.7. The highest BCUT2D eigenvalue weighted by Gasteiger charge is 2.26. The van der Waals surface area contributed by atoms with Gasteiger partial charge in [0.05, 0.1) is 28.7 Å². The number of likely N-dealkylation sites (N-methyl/N-ethyl adjacent to an activating group) is 1. The first-order chi connectivity index (χ1) is 17.1. The van der Waals surface area contributed by atoms with Crippen LogP contribution in [0.15, 0.2) is 101 Å². The molecule has 3 aromatic rings. The summed E-state index contributed by atoms with van der Waals surface area (Å²) >= 11 is 6.19. The van der Waals surface area contributed by atoms with Gasteiger partial charge < -0.3 is 10.6 Å². The van der Waals surface area contributed by atoms with Gasteiger partial charge in [0.25, 0.3) is 11.8 Å². The normalized spacial score (nSPS) is 13.2. The second kappa shape index (κ2) is 11.7. The summed E-state index contributed by atoms with van der Waals surface area (Å²) in [6.45, 7) is 0.790. The number of hydrogen-bond acceptors (Lipinski definition) is 5. The van der Waals surface area contributed by atoms with Crippen molar-refractivity contribution in [3.8, 4) is 0 Å². The van der Waals surface area contributed by atoms with Crippen molar-refractivity contribution in [2.24, 2.45) is 15.9 Å². The number of carbonyl (C=O) groups is 1. The number of nitroso groups, excluding NO2 is 1. The third-order valence-electron chi connectivity index (χ3n) is 5.43. The van der Waals surface area contributed by atoms with Crippen molar-refractivity contribution >= 4 is 28.9 Å². The van der Waals surface area contributed by atoms with Gasteiger partial charge >= 0.3 is 0 Å². The van der Waals surface area contributed by atoms with Crippen molar-refractivity contribution in [1.82, 2.24) is 4.90 Å². The molecule has 2 N–H and O–H groups in total. The van der Waals surface area contributed by atoms with Gasteiger partial charge in [-0.3, -0.25) is 4.79 Å². The number of nitrogens with zero attached hydrogens (tertiary/aromatic N) is 3. The van der Waals surface area contributed by atoms with Crippen LogP contribution in [0.3, 0.4) is 0 Å². The number of aliphatic imine (C=N–C) groups is 1. The third-order valence-corrected chi connectivity index (χ3v) is 5.74. The number of allylic oxidation sites excluding steroid dienone is 2. The molecule has 0 aliphatic heterocycles. The largest absolute Gasteiger partial charge is 0.397 e. The van der Waals surface area contributed by atoms with E-state index in [1.54, 1.807) is 79.8 Å². The lowest BCUT2D eigenvalue weighted by atomic mass is 10.0. The van der Waals surface area contributed by atoms with Crippen molar-refractivity contribution in [2.75, 3.05) is 13.6 Å². The molecule has 0 saturated heterocycles. The molecule has 9 heteroatoms. The van der Waals surface area contributed by atoms with Crippen molar-refractivity contribution in [3.05, 3.63) is 117 Å². The van der Waals surface area contributed by atoms with Gasteiger partial charge in [0, 0.05) is 25.1 Å². The van der Waals surface area contributed by atoms with E-state index < -0.39 is 17.7 Å². The summed E-state index contributed by atoms with van der Waals surface area (Å²) in [6, 6.07) is 21.3. The van der Waals surface area contributed by atoms with Gasteiger partial charge in [0.2, 0.25) is 0 Å². The van der Waals surface area contributed by atoms with Gasteiger partial charge in [-0.15, -0.1) is 0 Å². The van der Waals surface area contributed by atoms with E-state index in [1.807, 2.05) is 6.07 Å². The number of para-hydroxylation sites is 1. The molecule has 3 rings (SSSR count). The number of carbonyl (C=O) groups excluding carboxylic acids is 1. The maximum absolute atomic E-state index is 13.8. The van der Waals surface area contributed by atoms with Gasteiger partial charge in [0.1, 0.15) is 6.04 Å². The summed E-state index contributed by atoms with van der Waals surface area (Å²) in [6.07, 6.45) is 1.09. The van der Waals surface area contributed by atoms with E-state index >= 15 is 0 Å². The Morgan fingerprint density at radius 3 is 2.19 bits per heavy atom. The number of rotatable bonds is 9. The molecule has 6 nitrogen and oxygen atoms in total. The Balaban J connectivity index is 1.88. The predicted molar refractivity (Wildman–Crippen MR) is 139 cm³/mol.